The lowest BCUT2D eigenvalue weighted by molar-refractivity contribution is 0.0593. The quantitative estimate of drug-likeness (QED) is 0.744. The minimum absolute atomic E-state index is 0.0600. The molecule has 0 bridgehead atoms. The predicted molar refractivity (Wildman–Crippen MR) is 63.0 cm³/mol. The molecule has 0 spiro atoms. The third-order valence-electron chi connectivity index (χ3n) is 2.40. The fourth-order valence-corrected chi connectivity index (χ4v) is 1.39. The molecule has 94 valence electrons. The van der Waals surface area contributed by atoms with Gasteiger partial charge in [0.1, 0.15) is 11.4 Å². The van der Waals surface area contributed by atoms with Crippen molar-refractivity contribution in [1.29, 1.82) is 0 Å². The first-order valence-corrected chi connectivity index (χ1v) is 5.46. The van der Waals surface area contributed by atoms with Gasteiger partial charge in [0.25, 0.3) is 0 Å². The Balaban J connectivity index is 2.61. The fraction of sp³-hybridized carbons (Fsp3) is 0.417. The molecule has 3 N–H and O–H groups in total. The molecule has 0 aromatic heterocycles. The first-order valence-electron chi connectivity index (χ1n) is 5.46. The SMILES string of the molecule is CCNC(=O)NCC(C)(O)c1ccc(F)cc1. The molecule has 5 heteroatoms. The van der Waals surface area contributed by atoms with Crippen molar-refractivity contribution in [3.8, 4) is 0 Å². The topological polar surface area (TPSA) is 61.4 Å². The lowest BCUT2D eigenvalue weighted by Gasteiger charge is -2.24. The van der Waals surface area contributed by atoms with Crippen LogP contribution < -0.4 is 10.6 Å². The third-order valence-corrected chi connectivity index (χ3v) is 2.40. The van der Waals surface area contributed by atoms with Gasteiger partial charge in [0, 0.05) is 6.54 Å². The molecule has 1 unspecified atom stereocenters. The van der Waals surface area contributed by atoms with E-state index in [4.69, 9.17) is 0 Å². The maximum absolute atomic E-state index is 12.7. The van der Waals surface area contributed by atoms with E-state index in [1.165, 1.54) is 24.3 Å². The maximum Gasteiger partial charge on any atom is 0.314 e. The Morgan fingerprint density at radius 2 is 1.94 bits per heavy atom. The Kier molecular flexibility index (Phi) is 4.45. The number of amides is 2. The molecule has 2 amide bonds. The first-order chi connectivity index (χ1) is 7.95. The van der Waals surface area contributed by atoms with Gasteiger partial charge >= 0.3 is 6.03 Å². The molecule has 1 atom stereocenters. The predicted octanol–water partition coefficient (Wildman–Crippen LogP) is 1.35. The lowest BCUT2D eigenvalue weighted by Crippen LogP contribution is -2.43. The molecule has 1 aromatic carbocycles. The fourth-order valence-electron chi connectivity index (χ4n) is 1.39. The molecule has 4 nitrogen and oxygen atoms in total. The summed E-state index contributed by atoms with van der Waals surface area (Å²) in [5.74, 6) is -0.360. The van der Waals surface area contributed by atoms with E-state index in [-0.39, 0.29) is 18.4 Å². The van der Waals surface area contributed by atoms with Crippen molar-refractivity contribution in [3.63, 3.8) is 0 Å². The molecule has 0 aliphatic carbocycles. The van der Waals surface area contributed by atoms with Crippen LogP contribution in [0.2, 0.25) is 0 Å². The average Bonchev–Trinajstić information content (AvgIpc) is 2.28. The van der Waals surface area contributed by atoms with Gasteiger partial charge in [0.2, 0.25) is 0 Å². The van der Waals surface area contributed by atoms with Crippen molar-refractivity contribution in [3.05, 3.63) is 35.6 Å². The minimum Gasteiger partial charge on any atom is -0.384 e. The smallest absolute Gasteiger partial charge is 0.314 e. The van der Waals surface area contributed by atoms with Crippen molar-refractivity contribution in [2.45, 2.75) is 19.4 Å². The summed E-state index contributed by atoms with van der Waals surface area (Å²) in [6, 6.07) is 5.20. The van der Waals surface area contributed by atoms with Crippen LogP contribution in [0, 0.1) is 5.82 Å². The van der Waals surface area contributed by atoms with Crippen molar-refractivity contribution >= 4 is 6.03 Å². The van der Waals surface area contributed by atoms with Gasteiger partial charge in [-0.2, -0.15) is 0 Å². The maximum atomic E-state index is 12.7. The number of urea groups is 1. The molecule has 0 aliphatic heterocycles. The van der Waals surface area contributed by atoms with Crippen molar-refractivity contribution < 1.29 is 14.3 Å². The zero-order chi connectivity index (χ0) is 12.9. The van der Waals surface area contributed by atoms with Crippen LogP contribution in [-0.4, -0.2) is 24.2 Å². The van der Waals surface area contributed by atoms with Gasteiger partial charge in [-0.15, -0.1) is 0 Å². The highest BCUT2D eigenvalue weighted by atomic mass is 19.1. The lowest BCUT2D eigenvalue weighted by atomic mass is 9.96. The van der Waals surface area contributed by atoms with E-state index in [0.29, 0.717) is 12.1 Å². The number of hydrogen-bond donors (Lipinski definition) is 3. The molecular weight excluding hydrogens is 223 g/mol. The summed E-state index contributed by atoms with van der Waals surface area (Å²) < 4.78 is 12.7. The van der Waals surface area contributed by atoms with E-state index in [1.807, 2.05) is 0 Å². The molecule has 0 saturated carbocycles. The van der Waals surface area contributed by atoms with Gasteiger partial charge in [0.15, 0.2) is 0 Å². The Morgan fingerprint density at radius 3 is 2.47 bits per heavy atom. The number of rotatable bonds is 4. The van der Waals surface area contributed by atoms with Crippen LogP contribution in [0.4, 0.5) is 9.18 Å². The minimum atomic E-state index is -1.22. The molecule has 1 aromatic rings. The van der Waals surface area contributed by atoms with Crippen LogP contribution in [0.15, 0.2) is 24.3 Å². The summed E-state index contributed by atoms with van der Waals surface area (Å²) >= 11 is 0. The first kappa shape index (κ1) is 13.4. The summed E-state index contributed by atoms with van der Waals surface area (Å²) in [5, 5.41) is 15.2. The van der Waals surface area contributed by atoms with Crippen LogP contribution in [0.3, 0.4) is 0 Å². The highest BCUT2D eigenvalue weighted by molar-refractivity contribution is 5.73. The second kappa shape index (κ2) is 5.63. The monoisotopic (exact) mass is 240 g/mol. The number of carbonyl (C=O) groups excluding carboxylic acids is 1. The van der Waals surface area contributed by atoms with E-state index in [0.717, 1.165) is 0 Å². The van der Waals surface area contributed by atoms with Gasteiger partial charge in [-0.1, -0.05) is 12.1 Å². The van der Waals surface area contributed by atoms with Gasteiger partial charge in [-0.05, 0) is 31.5 Å². The second-order valence-electron chi connectivity index (χ2n) is 3.99. The molecule has 1 rings (SSSR count). The van der Waals surface area contributed by atoms with E-state index < -0.39 is 5.60 Å². The number of aliphatic hydroxyl groups is 1. The molecule has 0 radical (unpaired) electrons. The third kappa shape index (κ3) is 4.03. The summed E-state index contributed by atoms with van der Waals surface area (Å²) in [6.07, 6.45) is 0. The summed E-state index contributed by atoms with van der Waals surface area (Å²) in [4.78, 5) is 11.2. The number of benzene rings is 1. The van der Waals surface area contributed by atoms with Crippen LogP contribution in [0.1, 0.15) is 19.4 Å². The second-order valence-corrected chi connectivity index (χ2v) is 3.99. The van der Waals surface area contributed by atoms with Gasteiger partial charge < -0.3 is 15.7 Å². The number of nitrogens with one attached hydrogen (secondary N) is 2. The molecule has 0 aliphatic rings. The van der Waals surface area contributed by atoms with E-state index >= 15 is 0 Å². The zero-order valence-electron chi connectivity index (χ0n) is 9.96. The van der Waals surface area contributed by atoms with Gasteiger partial charge in [-0.3, -0.25) is 0 Å². The molecule has 0 saturated heterocycles. The van der Waals surface area contributed by atoms with E-state index in [1.54, 1.807) is 13.8 Å². The Hall–Kier alpha value is -1.62. The highest BCUT2D eigenvalue weighted by Gasteiger charge is 2.23. The van der Waals surface area contributed by atoms with Crippen molar-refractivity contribution in [1.82, 2.24) is 10.6 Å². The summed E-state index contributed by atoms with van der Waals surface area (Å²) in [6.45, 7) is 3.94. The normalized spacial score (nSPS) is 13.9. The van der Waals surface area contributed by atoms with Gasteiger partial charge in [0.05, 0.1) is 6.54 Å². The number of halogens is 1. The Labute approximate surface area is 99.8 Å². The van der Waals surface area contributed by atoms with Crippen LogP contribution in [-0.2, 0) is 5.60 Å². The standard InChI is InChI=1S/C12H17FN2O2/c1-3-14-11(16)15-8-12(2,17)9-4-6-10(13)7-5-9/h4-7,17H,3,8H2,1-2H3,(H2,14,15,16). The largest absolute Gasteiger partial charge is 0.384 e. The van der Waals surface area contributed by atoms with E-state index in [9.17, 15) is 14.3 Å². The Morgan fingerprint density at radius 1 is 1.35 bits per heavy atom. The van der Waals surface area contributed by atoms with Crippen LogP contribution >= 0.6 is 0 Å². The number of carbonyl (C=O) groups is 1. The van der Waals surface area contributed by atoms with Crippen molar-refractivity contribution in [2.24, 2.45) is 0 Å². The zero-order valence-corrected chi connectivity index (χ0v) is 9.96. The van der Waals surface area contributed by atoms with Crippen LogP contribution in [0.5, 0.6) is 0 Å². The summed E-state index contributed by atoms with van der Waals surface area (Å²) in [5.41, 5.74) is -0.672. The van der Waals surface area contributed by atoms with Crippen molar-refractivity contribution in [2.75, 3.05) is 13.1 Å². The molecule has 0 fully saturated rings. The average molecular weight is 240 g/mol. The Bertz CT molecular complexity index is 377. The van der Waals surface area contributed by atoms with E-state index in [2.05, 4.69) is 10.6 Å². The number of hydrogen-bond acceptors (Lipinski definition) is 2. The van der Waals surface area contributed by atoms with Crippen LogP contribution in [0.25, 0.3) is 0 Å². The summed E-state index contributed by atoms with van der Waals surface area (Å²) in [7, 11) is 0. The molecule has 0 heterocycles. The van der Waals surface area contributed by atoms with Gasteiger partial charge in [-0.25, -0.2) is 9.18 Å². The molecule has 17 heavy (non-hydrogen) atoms. The highest BCUT2D eigenvalue weighted by Crippen LogP contribution is 2.19. The molecular formula is C12H17FN2O2.